The maximum Gasteiger partial charge on any atom is 0.307 e. The van der Waals surface area contributed by atoms with Crippen molar-refractivity contribution in [1.82, 2.24) is 4.98 Å². The van der Waals surface area contributed by atoms with E-state index in [1.54, 1.807) is 38.2 Å². The smallest absolute Gasteiger partial charge is 0.307 e. The monoisotopic (exact) mass is 300 g/mol. The summed E-state index contributed by atoms with van der Waals surface area (Å²) in [5, 5.41) is 11.9. The van der Waals surface area contributed by atoms with Crippen LogP contribution in [0.4, 0.5) is 5.69 Å². The van der Waals surface area contributed by atoms with Crippen molar-refractivity contribution in [1.29, 1.82) is 0 Å². The third-order valence-electron chi connectivity index (χ3n) is 4.19. The average molecular weight is 300 g/mol. The molecule has 6 heteroatoms. The molecule has 2 N–H and O–H groups in total. The second-order valence-electron chi connectivity index (χ2n) is 6.02. The first kappa shape index (κ1) is 14.3. The fourth-order valence-corrected chi connectivity index (χ4v) is 2.90. The lowest BCUT2D eigenvalue weighted by molar-refractivity contribution is -0.140. The molecular formula is C16H16N2O4. The number of hydrogen-bond donors (Lipinski definition) is 2. The number of benzene rings is 1. The highest BCUT2D eigenvalue weighted by Crippen LogP contribution is 2.58. The number of carboxylic acid groups (broad SMARTS) is 1. The lowest BCUT2D eigenvalue weighted by atomic mass is 10.1. The number of anilines is 1. The van der Waals surface area contributed by atoms with Gasteiger partial charge in [-0.15, -0.1) is 0 Å². The van der Waals surface area contributed by atoms with Crippen molar-refractivity contribution < 1.29 is 19.1 Å². The Hall–Kier alpha value is -2.63. The van der Waals surface area contributed by atoms with E-state index in [0.29, 0.717) is 11.6 Å². The number of carbonyl (C=O) groups excluding carboxylic acids is 1. The third-order valence-corrected chi connectivity index (χ3v) is 4.19. The largest absolute Gasteiger partial charge is 0.481 e. The van der Waals surface area contributed by atoms with Crippen LogP contribution >= 0.6 is 0 Å². The van der Waals surface area contributed by atoms with Crippen LogP contribution in [-0.4, -0.2) is 22.0 Å². The number of oxazole rings is 1. The van der Waals surface area contributed by atoms with Gasteiger partial charge in [-0.3, -0.25) is 9.59 Å². The Morgan fingerprint density at radius 1 is 1.32 bits per heavy atom. The predicted molar refractivity (Wildman–Crippen MR) is 79.0 cm³/mol. The van der Waals surface area contributed by atoms with E-state index < -0.39 is 23.2 Å². The van der Waals surface area contributed by atoms with Crippen LogP contribution in [0, 0.1) is 17.3 Å². The van der Waals surface area contributed by atoms with Gasteiger partial charge in [-0.2, -0.15) is 0 Å². The van der Waals surface area contributed by atoms with Gasteiger partial charge in [0.1, 0.15) is 6.26 Å². The summed E-state index contributed by atoms with van der Waals surface area (Å²) < 4.78 is 5.22. The maximum absolute atomic E-state index is 12.3. The summed E-state index contributed by atoms with van der Waals surface area (Å²) in [7, 11) is 0. The minimum Gasteiger partial charge on any atom is -0.481 e. The molecule has 0 saturated heterocycles. The molecule has 2 aromatic rings. The van der Waals surface area contributed by atoms with Crippen molar-refractivity contribution in [3.63, 3.8) is 0 Å². The zero-order valence-corrected chi connectivity index (χ0v) is 12.2. The highest BCUT2D eigenvalue weighted by molar-refractivity contribution is 6.00. The molecule has 2 atom stereocenters. The maximum atomic E-state index is 12.3. The molecule has 1 aliphatic carbocycles. The van der Waals surface area contributed by atoms with Crippen molar-refractivity contribution >= 4 is 17.6 Å². The molecule has 0 aliphatic heterocycles. The highest BCUT2D eigenvalue weighted by Gasteiger charge is 2.65. The molecule has 3 rings (SSSR count). The summed E-state index contributed by atoms with van der Waals surface area (Å²) in [5.41, 5.74) is 0.816. The van der Waals surface area contributed by atoms with Crippen LogP contribution in [0.2, 0.25) is 0 Å². The first-order valence-electron chi connectivity index (χ1n) is 6.95. The number of nitrogens with zero attached hydrogens (tertiary/aromatic N) is 1. The van der Waals surface area contributed by atoms with Gasteiger partial charge in [0.2, 0.25) is 11.8 Å². The van der Waals surface area contributed by atoms with Gasteiger partial charge in [0.05, 0.1) is 18.0 Å². The van der Waals surface area contributed by atoms with Gasteiger partial charge in [-0.1, -0.05) is 19.9 Å². The molecule has 22 heavy (non-hydrogen) atoms. The van der Waals surface area contributed by atoms with Gasteiger partial charge in [0.15, 0.2) is 0 Å². The second-order valence-corrected chi connectivity index (χ2v) is 6.02. The number of hydrogen-bond acceptors (Lipinski definition) is 4. The standard InChI is InChI=1S/C16H16N2O4/c1-16(2)11(12(16)15(20)21)13(19)18-10-5-3-4-9(8-10)14-17-6-7-22-14/h3-8,11-12H,1-2H3,(H,18,19)(H,20,21)/t11-,12+/m1/s1. The zero-order chi connectivity index (χ0) is 15.9. The highest BCUT2D eigenvalue weighted by atomic mass is 16.4. The molecule has 1 aromatic heterocycles. The Kier molecular flexibility index (Phi) is 3.24. The van der Waals surface area contributed by atoms with E-state index in [0.717, 1.165) is 5.56 Å². The van der Waals surface area contributed by atoms with E-state index in [4.69, 9.17) is 9.52 Å². The van der Waals surface area contributed by atoms with Crippen molar-refractivity contribution in [3.05, 3.63) is 36.7 Å². The average Bonchev–Trinajstić information content (AvgIpc) is 2.84. The first-order chi connectivity index (χ1) is 10.4. The van der Waals surface area contributed by atoms with E-state index in [-0.39, 0.29) is 5.91 Å². The number of aliphatic carboxylic acids is 1. The van der Waals surface area contributed by atoms with Crippen LogP contribution in [0.3, 0.4) is 0 Å². The molecule has 114 valence electrons. The van der Waals surface area contributed by atoms with E-state index in [1.165, 1.54) is 6.26 Å². The summed E-state index contributed by atoms with van der Waals surface area (Å²) >= 11 is 0. The molecule has 1 aromatic carbocycles. The van der Waals surface area contributed by atoms with Gasteiger partial charge >= 0.3 is 5.97 Å². The molecule has 0 bridgehead atoms. The summed E-state index contributed by atoms with van der Waals surface area (Å²) in [6, 6.07) is 7.09. The fraction of sp³-hybridized carbons (Fsp3) is 0.312. The number of carboxylic acids is 1. The molecule has 1 amide bonds. The number of carbonyl (C=O) groups is 2. The summed E-state index contributed by atoms with van der Waals surface area (Å²) in [6.45, 7) is 3.58. The van der Waals surface area contributed by atoms with Gasteiger partial charge in [0, 0.05) is 11.3 Å². The SMILES string of the molecule is CC1(C)[C@H](C(=O)O)[C@@H]1C(=O)Nc1cccc(-c2ncco2)c1. The van der Waals surface area contributed by atoms with Gasteiger partial charge < -0.3 is 14.8 Å². The normalized spacial score (nSPS) is 22.1. The molecule has 0 spiro atoms. The fourth-order valence-electron chi connectivity index (χ4n) is 2.90. The van der Waals surface area contributed by atoms with Crippen molar-refractivity contribution in [2.24, 2.45) is 17.3 Å². The minimum absolute atomic E-state index is 0.276. The lowest BCUT2D eigenvalue weighted by Crippen LogP contribution is -2.17. The molecule has 0 unspecified atom stereocenters. The van der Waals surface area contributed by atoms with Crippen LogP contribution < -0.4 is 5.32 Å². The molecule has 6 nitrogen and oxygen atoms in total. The number of rotatable bonds is 4. The Morgan fingerprint density at radius 2 is 2.09 bits per heavy atom. The molecule has 1 heterocycles. The van der Waals surface area contributed by atoms with Crippen molar-refractivity contribution in [2.75, 3.05) is 5.32 Å². The number of nitrogens with one attached hydrogen (secondary N) is 1. The minimum atomic E-state index is -0.932. The first-order valence-corrected chi connectivity index (χ1v) is 6.95. The Morgan fingerprint density at radius 3 is 2.68 bits per heavy atom. The number of aromatic nitrogens is 1. The molecular weight excluding hydrogens is 284 g/mol. The topological polar surface area (TPSA) is 92.4 Å². The molecule has 1 aliphatic rings. The molecule has 1 fully saturated rings. The third kappa shape index (κ3) is 2.36. The Labute approximate surface area is 127 Å². The van der Waals surface area contributed by atoms with Crippen LogP contribution in [0.5, 0.6) is 0 Å². The van der Waals surface area contributed by atoms with Crippen LogP contribution in [0.1, 0.15) is 13.8 Å². The summed E-state index contributed by atoms with van der Waals surface area (Å²) in [4.78, 5) is 27.5. The van der Waals surface area contributed by atoms with E-state index in [1.807, 2.05) is 6.07 Å². The number of amides is 1. The van der Waals surface area contributed by atoms with E-state index in [2.05, 4.69) is 10.3 Å². The van der Waals surface area contributed by atoms with Gasteiger partial charge in [0.25, 0.3) is 0 Å². The predicted octanol–water partition coefficient (Wildman–Crippen LogP) is 2.64. The Balaban J connectivity index is 1.76. The molecule has 1 saturated carbocycles. The Bertz CT molecular complexity index is 722. The van der Waals surface area contributed by atoms with E-state index >= 15 is 0 Å². The van der Waals surface area contributed by atoms with Crippen molar-refractivity contribution in [2.45, 2.75) is 13.8 Å². The van der Waals surface area contributed by atoms with Gasteiger partial charge in [-0.25, -0.2) is 4.98 Å². The quantitative estimate of drug-likeness (QED) is 0.905. The van der Waals surface area contributed by atoms with Crippen LogP contribution in [0.25, 0.3) is 11.5 Å². The van der Waals surface area contributed by atoms with E-state index in [9.17, 15) is 9.59 Å². The molecule has 0 radical (unpaired) electrons. The zero-order valence-electron chi connectivity index (χ0n) is 12.2. The second kappa shape index (κ2) is 4.98. The van der Waals surface area contributed by atoms with Crippen LogP contribution in [-0.2, 0) is 9.59 Å². The van der Waals surface area contributed by atoms with Crippen LogP contribution in [0.15, 0.2) is 41.1 Å². The van der Waals surface area contributed by atoms with Crippen molar-refractivity contribution in [3.8, 4) is 11.5 Å². The van der Waals surface area contributed by atoms with Gasteiger partial charge in [-0.05, 0) is 23.6 Å². The summed E-state index contributed by atoms with van der Waals surface area (Å²) in [6.07, 6.45) is 3.02. The lowest BCUT2D eigenvalue weighted by Gasteiger charge is -2.07. The summed E-state index contributed by atoms with van der Waals surface area (Å²) in [5.74, 6) is -1.90.